The molecule has 86 valence electrons. The molecule has 4 bridgehead atoms. The molecule has 0 radical (unpaired) electrons. The lowest BCUT2D eigenvalue weighted by Crippen LogP contribution is -2.48. The van der Waals surface area contributed by atoms with Crippen molar-refractivity contribution in [1.29, 1.82) is 0 Å². The SMILES string of the molecule is CCCC(Br)C1C2CC3CC(C2)CC1C3. The fourth-order valence-electron chi connectivity index (χ4n) is 5.03. The summed E-state index contributed by atoms with van der Waals surface area (Å²) in [5, 5.41) is 0. The molecule has 0 aromatic heterocycles. The summed E-state index contributed by atoms with van der Waals surface area (Å²) in [5.41, 5.74) is 0. The summed E-state index contributed by atoms with van der Waals surface area (Å²) >= 11 is 3.99. The van der Waals surface area contributed by atoms with E-state index in [4.69, 9.17) is 0 Å². The Kier molecular flexibility index (Phi) is 2.87. The van der Waals surface area contributed by atoms with Crippen LogP contribution < -0.4 is 0 Å². The summed E-state index contributed by atoms with van der Waals surface area (Å²) in [6, 6.07) is 0. The van der Waals surface area contributed by atoms with E-state index in [0.717, 1.165) is 34.4 Å². The second kappa shape index (κ2) is 4.05. The van der Waals surface area contributed by atoms with Crippen LogP contribution in [0.5, 0.6) is 0 Å². The molecule has 1 unspecified atom stereocenters. The van der Waals surface area contributed by atoms with Gasteiger partial charge in [-0.15, -0.1) is 0 Å². The molecule has 4 saturated carbocycles. The van der Waals surface area contributed by atoms with Gasteiger partial charge in [0.05, 0.1) is 0 Å². The quantitative estimate of drug-likeness (QED) is 0.657. The highest BCUT2D eigenvalue weighted by Crippen LogP contribution is 2.58. The maximum absolute atomic E-state index is 3.99. The molecule has 15 heavy (non-hydrogen) atoms. The van der Waals surface area contributed by atoms with Crippen LogP contribution in [0.1, 0.15) is 51.9 Å². The Labute approximate surface area is 102 Å². The molecule has 4 fully saturated rings. The van der Waals surface area contributed by atoms with Crippen molar-refractivity contribution in [3.63, 3.8) is 0 Å². The van der Waals surface area contributed by atoms with Gasteiger partial charge in [0.1, 0.15) is 0 Å². The molecule has 0 spiro atoms. The zero-order valence-corrected chi connectivity index (χ0v) is 11.4. The minimum absolute atomic E-state index is 0.831. The average molecular weight is 271 g/mol. The third kappa shape index (κ3) is 1.79. The van der Waals surface area contributed by atoms with Crippen molar-refractivity contribution in [2.24, 2.45) is 29.6 Å². The number of hydrogen-bond donors (Lipinski definition) is 0. The van der Waals surface area contributed by atoms with Crippen molar-refractivity contribution in [3.8, 4) is 0 Å². The molecule has 0 N–H and O–H groups in total. The van der Waals surface area contributed by atoms with Crippen molar-refractivity contribution in [2.45, 2.75) is 56.7 Å². The van der Waals surface area contributed by atoms with E-state index in [1.165, 1.54) is 12.8 Å². The Hall–Kier alpha value is 0.480. The van der Waals surface area contributed by atoms with Crippen molar-refractivity contribution < 1.29 is 0 Å². The van der Waals surface area contributed by atoms with Crippen molar-refractivity contribution >= 4 is 15.9 Å². The van der Waals surface area contributed by atoms with Gasteiger partial charge in [0, 0.05) is 4.83 Å². The van der Waals surface area contributed by atoms with Crippen LogP contribution in [0, 0.1) is 29.6 Å². The third-order valence-electron chi connectivity index (χ3n) is 5.28. The molecule has 4 rings (SSSR count). The third-order valence-corrected chi connectivity index (χ3v) is 6.35. The van der Waals surface area contributed by atoms with E-state index >= 15 is 0 Å². The minimum atomic E-state index is 0.831. The molecular formula is C14H23Br. The zero-order valence-electron chi connectivity index (χ0n) is 9.79. The highest BCUT2D eigenvalue weighted by Gasteiger charge is 2.49. The van der Waals surface area contributed by atoms with Crippen LogP contribution in [0.15, 0.2) is 0 Å². The molecule has 0 saturated heterocycles. The van der Waals surface area contributed by atoms with Crippen LogP contribution in [0.3, 0.4) is 0 Å². The highest BCUT2D eigenvalue weighted by molar-refractivity contribution is 9.09. The summed E-state index contributed by atoms with van der Waals surface area (Å²) in [4.78, 5) is 0.831. The van der Waals surface area contributed by atoms with Crippen LogP contribution in [0.2, 0.25) is 0 Å². The second-order valence-corrected chi connectivity index (χ2v) is 7.49. The molecule has 0 aromatic rings. The van der Waals surface area contributed by atoms with Crippen LogP contribution in [-0.4, -0.2) is 4.83 Å². The lowest BCUT2D eigenvalue weighted by molar-refractivity contribution is -0.0368. The molecule has 1 heteroatoms. The fraction of sp³-hybridized carbons (Fsp3) is 1.00. The van der Waals surface area contributed by atoms with Gasteiger partial charge in [0.15, 0.2) is 0 Å². The van der Waals surface area contributed by atoms with Gasteiger partial charge in [-0.25, -0.2) is 0 Å². The van der Waals surface area contributed by atoms with Crippen molar-refractivity contribution in [1.82, 2.24) is 0 Å². The van der Waals surface area contributed by atoms with Crippen molar-refractivity contribution in [3.05, 3.63) is 0 Å². The Morgan fingerprint density at radius 3 is 2.00 bits per heavy atom. The number of halogens is 1. The van der Waals surface area contributed by atoms with Gasteiger partial charge in [0.25, 0.3) is 0 Å². The van der Waals surface area contributed by atoms with Crippen molar-refractivity contribution in [2.75, 3.05) is 0 Å². The van der Waals surface area contributed by atoms with Gasteiger partial charge in [-0.2, -0.15) is 0 Å². The average Bonchev–Trinajstić information content (AvgIpc) is 2.15. The fourth-order valence-corrected chi connectivity index (χ4v) is 6.35. The van der Waals surface area contributed by atoms with Crippen LogP contribution in [0.4, 0.5) is 0 Å². The molecular weight excluding hydrogens is 248 g/mol. The lowest BCUT2D eigenvalue weighted by atomic mass is 9.51. The first-order valence-corrected chi connectivity index (χ1v) is 7.83. The topological polar surface area (TPSA) is 0 Å². The van der Waals surface area contributed by atoms with E-state index in [0.29, 0.717) is 0 Å². The summed E-state index contributed by atoms with van der Waals surface area (Å²) in [6.07, 6.45) is 10.6. The Balaban J connectivity index is 1.74. The first kappa shape index (κ1) is 10.6. The van der Waals surface area contributed by atoms with E-state index in [9.17, 15) is 0 Å². The van der Waals surface area contributed by atoms with Gasteiger partial charge >= 0.3 is 0 Å². The molecule has 0 nitrogen and oxygen atoms in total. The van der Waals surface area contributed by atoms with E-state index < -0.39 is 0 Å². The normalized spacial score (nSPS) is 49.6. The minimum Gasteiger partial charge on any atom is -0.0887 e. The maximum Gasteiger partial charge on any atom is 0.0179 e. The monoisotopic (exact) mass is 270 g/mol. The van der Waals surface area contributed by atoms with Gasteiger partial charge in [-0.3, -0.25) is 0 Å². The first-order chi connectivity index (χ1) is 7.28. The molecule has 4 aliphatic carbocycles. The molecule has 0 aromatic carbocycles. The maximum atomic E-state index is 3.99. The van der Waals surface area contributed by atoms with Gasteiger partial charge in [-0.05, 0) is 68.1 Å². The first-order valence-electron chi connectivity index (χ1n) is 6.92. The smallest absolute Gasteiger partial charge is 0.0179 e. The summed E-state index contributed by atoms with van der Waals surface area (Å²) in [6.45, 7) is 2.32. The van der Waals surface area contributed by atoms with Crippen LogP contribution in [0.25, 0.3) is 0 Å². The Morgan fingerprint density at radius 2 is 1.53 bits per heavy atom. The Morgan fingerprint density at radius 1 is 1.00 bits per heavy atom. The van der Waals surface area contributed by atoms with E-state index in [1.54, 1.807) is 32.1 Å². The zero-order chi connectivity index (χ0) is 10.4. The predicted molar refractivity (Wildman–Crippen MR) is 68.2 cm³/mol. The summed E-state index contributed by atoms with van der Waals surface area (Å²) < 4.78 is 0. The van der Waals surface area contributed by atoms with Crippen LogP contribution in [-0.2, 0) is 0 Å². The summed E-state index contributed by atoms with van der Waals surface area (Å²) in [7, 11) is 0. The molecule has 0 amide bonds. The lowest BCUT2D eigenvalue weighted by Gasteiger charge is -2.55. The number of rotatable bonds is 3. The largest absolute Gasteiger partial charge is 0.0887 e. The highest BCUT2D eigenvalue weighted by atomic mass is 79.9. The van der Waals surface area contributed by atoms with Crippen LogP contribution >= 0.6 is 15.9 Å². The molecule has 1 atom stereocenters. The number of hydrogen-bond acceptors (Lipinski definition) is 0. The van der Waals surface area contributed by atoms with Gasteiger partial charge in [0.2, 0.25) is 0 Å². The standard InChI is InChI=1S/C14H23Br/c1-2-3-13(15)14-11-5-9-4-10(7-11)8-12(14)6-9/h9-14H,2-8H2,1H3. The Bertz CT molecular complexity index is 207. The predicted octanol–water partition coefficient (Wildman–Crippen LogP) is 4.62. The molecule has 0 heterocycles. The summed E-state index contributed by atoms with van der Waals surface area (Å²) in [5.74, 6) is 5.49. The second-order valence-electron chi connectivity index (χ2n) is 6.31. The van der Waals surface area contributed by atoms with Gasteiger partial charge in [-0.1, -0.05) is 29.3 Å². The van der Waals surface area contributed by atoms with E-state index in [1.807, 2.05) is 0 Å². The van der Waals surface area contributed by atoms with E-state index in [-0.39, 0.29) is 0 Å². The van der Waals surface area contributed by atoms with Gasteiger partial charge < -0.3 is 0 Å². The molecule has 4 aliphatic rings. The molecule has 0 aliphatic heterocycles. The van der Waals surface area contributed by atoms with E-state index in [2.05, 4.69) is 22.9 Å². The number of alkyl halides is 1.